The molecule has 0 radical (unpaired) electrons. The second-order valence-electron chi connectivity index (χ2n) is 4.71. The Hall–Kier alpha value is -2.18. The van der Waals surface area contributed by atoms with Crippen molar-refractivity contribution in [3.63, 3.8) is 0 Å². The predicted molar refractivity (Wildman–Crippen MR) is 95.0 cm³/mol. The lowest BCUT2D eigenvalue weighted by atomic mass is 10.2. The molecule has 0 spiro atoms. The van der Waals surface area contributed by atoms with Gasteiger partial charge in [-0.25, -0.2) is 4.39 Å². The Bertz CT molecular complexity index is 820. The number of carbonyl (C=O) groups is 1. The summed E-state index contributed by atoms with van der Waals surface area (Å²) < 4.78 is 19.5. The number of hydrogen-bond donors (Lipinski definition) is 0. The van der Waals surface area contributed by atoms with Gasteiger partial charge in [-0.15, -0.1) is 0 Å². The van der Waals surface area contributed by atoms with E-state index in [1.807, 2.05) is 24.3 Å². The zero-order valence-electron chi connectivity index (χ0n) is 12.2. The number of nitrogens with zero attached hydrogens (tertiary/aromatic N) is 1. The lowest BCUT2D eigenvalue weighted by molar-refractivity contribution is -0.113. The van der Waals surface area contributed by atoms with E-state index in [1.54, 1.807) is 25.3 Å². The minimum Gasteiger partial charge on any atom is -0.496 e. The average molecular weight is 345 g/mol. The SMILES string of the molecule is COc1ccccc1C=C1SC(=S)N(c2ccccc2F)C1=O. The number of para-hydroxylation sites is 2. The molecule has 1 fully saturated rings. The third-order valence-corrected chi connectivity index (χ3v) is 4.61. The zero-order valence-corrected chi connectivity index (χ0v) is 13.8. The first-order valence-electron chi connectivity index (χ1n) is 6.77. The van der Waals surface area contributed by atoms with Gasteiger partial charge in [0.15, 0.2) is 4.32 Å². The summed E-state index contributed by atoms with van der Waals surface area (Å²) in [7, 11) is 1.57. The van der Waals surface area contributed by atoms with Gasteiger partial charge in [-0.3, -0.25) is 9.69 Å². The number of ether oxygens (including phenoxy) is 1. The molecule has 0 atom stereocenters. The minimum absolute atomic E-state index is 0.165. The maximum Gasteiger partial charge on any atom is 0.270 e. The number of thiocarbonyl (C=S) groups is 1. The van der Waals surface area contributed by atoms with Crippen LogP contribution in [0.25, 0.3) is 6.08 Å². The summed E-state index contributed by atoms with van der Waals surface area (Å²) in [5.41, 5.74) is 0.933. The summed E-state index contributed by atoms with van der Waals surface area (Å²) in [5, 5.41) is 0. The van der Waals surface area contributed by atoms with E-state index in [2.05, 4.69) is 0 Å². The van der Waals surface area contributed by atoms with Crippen LogP contribution in [0, 0.1) is 5.82 Å². The van der Waals surface area contributed by atoms with Crippen LogP contribution in [0.15, 0.2) is 53.4 Å². The monoisotopic (exact) mass is 345 g/mol. The summed E-state index contributed by atoms with van der Waals surface area (Å²) in [6.45, 7) is 0. The highest BCUT2D eigenvalue weighted by Gasteiger charge is 2.34. The molecule has 1 aliphatic heterocycles. The molecule has 23 heavy (non-hydrogen) atoms. The largest absolute Gasteiger partial charge is 0.496 e. The quantitative estimate of drug-likeness (QED) is 0.615. The maximum absolute atomic E-state index is 14.0. The van der Waals surface area contributed by atoms with E-state index >= 15 is 0 Å². The number of thioether (sulfide) groups is 1. The molecular formula is C17H12FNO2S2. The van der Waals surface area contributed by atoms with Crippen LogP contribution in [0.1, 0.15) is 5.56 Å². The Morgan fingerprint density at radius 1 is 1.17 bits per heavy atom. The Labute approximate surface area is 142 Å². The normalized spacial score (nSPS) is 16.3. The summed E-state index contributed by atoms with van der Waals surface area (Å²) in [5.74, 6) is -0.165. The Kier molecular flexibility index (Phi) is 4.45. The van der Waals surface area contributed by atoms with E-state index in [9.17, 15) is 9.18 Å². The third-order valence-electron chi connectivity index (χ3n) is 3.31. The van der Waals surface area contributed by atoms with Crippen LogP contribution < -0.4 is 9.64 Å². The predicted octanol–water partition coefficient (Wildman–Crippen LogP) is 4.24. The van der Waals surface area contributed by atoms with Crippen molar-refractivity contribution in [1.82, 2.24) is 0 Å². The van der Waals surface area contributed by atoms with Gasteiger partial charge in [0, 0.05) is 5.56 Å². The van der Waals surface area contributed by atoms with E-state index in [-0.39, 0.29) is 11.6 Å². The highest BCUT2D eigenvalue weighted by Crippen LogP contribution is 2.37. The number of halogens is 1. The number of benzene rings is 2. The van der Waals surface area contributed by atoms with Crippen LogP contribution in [-0.4, -0.2) is 17.3 Å². The summed E-state index contributed by atoms with van der Waals surface area (Å²) >= 11 is 6.39. The van der Waals surface area contributed by atoms with Crippen molar-refractivity contribution in [2.24, 2.45) is 0 Å². The van der Waals surface area contributed by atoms with Gasteiger partial charge >= 0.3 is 0 Å². The lowest BCUT2D eigenvalue weighted by Crippen LogP contribution is -2.28. The number of carbonyl (C=O) groups excluding carboxylic acids is 1. The molecule has 6 heteroatoms. The number of anilines is 1. The molecule has 0 saturated carbocycles. The van der Waals surface area contributed by atoms with Gasteiger partial charge in [0.2, 0.25) is 0 Å². The van der Waals surface area contributed by atoms with Gasteiger partial charge < -0.3 is 4.74 Å². The number of amides is 1. The highest BCUT2D eigenvalue weighted by atomic mass is 32.2. The number of rotatable bonds is 3. The molecule has 3 rings (SSSR count). The van der Waals surface area contributed by atoms with E-state index < -0.39 is 5.82 Å². The zero-order chi connectivity index (χ0) is 16.4. The van der Waals surface area contributed by atoms with Crippen molar-refractivity contribution in [3.8, 4) is 5.75 Å². The third kappa shape index (κ3) is 3.00. The molecule has 2 aromatic rings. The van der Waals surface area contributed by atoms with E-state index in [1.165, 1.54) is 17.0 Å². The second kappa shape index (κ2) is 6.52. The lowest BCUT2D eigenvalue weighted by Gasteiger charge is -2.14. The average Bonchev–Trinajstić information content (AvgIpc) is 2.83. The number of hydrogen-bond acceptors (Lipinski definition) is 4. The summed E-state index contributed by atoms with van der Waals surface area (Å²) in [4.78, 5) is 14.3. The Balaban J connectivity index is 1.99. The number of methoxy groups -OCH3 is 1. The minimum atomic E-state index is -0.484. The molecule has 0 N–H and O–H groups in total. The van der Waals surface area contributed by atoms with Crippen molar-refractivity contribution < 1.29 is 13.9 Å². The fraction of sp³-hybridized carbons (Fsp3) is 0.0588. The fourth-order valence-electron chi connectivity index (χ4n) is 2.24. The van der Waals surface area contributed by atoms with Gasteiger partial charge in [0.05, 0.1) is 17.7 Å². The molecular weight excluding hydrogens is 333 g/mol. The molecule has 0 bridgehead atoms. The molecule has 0 unspecified atom stereocenters. The van der Waals surface area contributed by atoms with E-state index in [4.69, 9.17) is 17.0 Å². The first-order valence-corrected chi connectivity index (χ1v) is 8.00. The van der Waals surface area contributed by atoms with Crippen molar-refractivity contribution in [3.05, 3.63) is 64.8 Å². The second-order valence-corrected chi connectivity index (χ2v) is 6.39. The van der Waals surface area contributed by atoms with Gasteiger partial charge in [0.25, 0.3) is 5.91 Å². The molecule has 1 aliphatic rings. The first-order chi connectivity index (χ1) is 11.1. The Morgan fingerprint density at radius 2 is 1.87 bits per heavy atom. The van der Waals surface area contributed by atoms with E-state index in [0.717, 1.165) is 17.3 Å². The molecule has 2 aromatic carbocycles. The topological polar surface area (TPSA) is 29.5 Å². The highest BCUT2D eigenvalue weighted by molar-refractivity contribution is 8.27. The smallest absolute Gasteiger partial charge is 0.270 e. The maximum atomic E-state index is 14.0. The molecule has 3 nitrogen and oxygen atoms in total. The van der Waals surface area contributed by atoms with Gasteiger partial charge in [-0.2, -0.15) is 0 Å². The van der Waals surface area contributed by atoms with E-state index in [0.29, 0.717) is 15.0 Å². The van der Waals surface area contributed by atoms with Crippen LogP contribution in [0.5, 0.6) is 5.75 Å². The van der Waals surface area contributed by atoms with Gasteiger partial charge in [-0.05, 0) is 24.3 Å². The van der Waals surface area contributed by atoms with Crippen molar-refractivity contribution >= 4 is 46.0 Å². The first kappa shape index (κ1) is 15.7. The van der Waals surface area contributed by atoms with Crippen molar-refractivity contribution in [2.75, 3.05) is 12.0 Å². The Morgan fingerprint density at radius 3 is 2.61 bits per heavy atom. The van der Waals surface area contributed by atoms with Crippen LogP contribution in [-0.2, 0) is 4.79 Å². The van der Waals surface area contributed by atoms with Crippen LogP contribution in [0.4, 0.5) is 10.1 Å². The molecule has 0 aliphatic carbocycles. The molecule has 1 heterocycles. The molecule has 1 saturated heterocycles. The molecule has 116 valence electrons. The van der Waals surface area contributed by atoms with Crippen molar-refractivity contribution in [1.29, 1.82) is 0 Å². The summed E-state index contributed by atoms with van der Waals surface area (Å²) in [6.07, 6.45) is 1.71. The standard InChI is InChI=1S/C17H12FNO2S2/c1-21-14-9-5-2-6-11(14)10-15-16(20)19(17(22)23-15)13-8-4-3-7-12(13)18/h2-10H,1H3. The van der Waals surface area contributed by atoms with Gasteiger partial charge in [0.1, 0.15) is 11.6 Å². The fourth-order valence-corrected chi connectivity index (χ4v) is 3.51. The van der Waals surface area contributed by atoms with Crippen LogP contribution in [0.3, 0.4) is 0 Å². The molecule has 0 aromatic heterocycles. The molecule has 1 amide bonds. The summed E-state index contributed by atoms with van der Waals surface area (Å²) in [6, 6.07) is 13.4. The van der Waals surface area contributed by atoms with Crippen LogP contribution in [0.2, 0.25) is 0 Å². The van der Waals surface area contributed by atoms with Gasteiger partial charge in [-0.1, -0.05) is 54.3 Å². The van der Waals surface area contributed by atoms with Crippen molar-refractivity contribution in [2.45, 2.75) is 0 Å². The van der Waals surface area contributed by atoms with Crippen LogP contribution >= 0.6 is 24.0 Å².